The number of hydrogen-bond donors (Lipinski definition) is 1. The summed E-state index contributed by atoms with van der Waals surface area (Å²) in [6.07, 6.45) is 0. The number of carbonyl (C=O) groups excluding carboxylic acids is 1. The zero-order valence-corrected chi connectivity index (χ0v) is 10.6. The number of benzene rings is 2. The van der Waals surface area contributed by atoms with Crippen LogP contribution in [0.1, 0.15) is 10.4 Å². The highest BCUT2D eigenvalue weighted by Crippen LogP contribution is 2.25. The maximum absolute atomic E-state index is 12.2. The van der Waals surface area contributed by atoms with Crippen molar-refractivity contribution < 1.29 is 9.72 Å². The Hall–Kier alpha value is -3.38. The van der Waals surface area contributed by atoms with Gasteiger partial charge in [-0.1, -0.05) is 23.3 Å². The highest BCUT2D eigenvalue weighted by molar-refractivity contribution is 6.08. The Morgan fingerprint density at radius 1 is 1.24 bits per heavy atom. The summed E-state index contributed by atoms with van der Waals surface area (Å²) in [7, 11) is 0. The van der Waals surface area contributed by atoms with Crippen LogP contribution in [0.2, 0.25) is 0 Å². The number of nitro benzene ring substituents is 1. The largest absolute Gasteiger partial charge is 0.322 e. The third-order valence-corrected chi connectivity index (χ3v) is 2.62. The summed E-state index contributed by atoms with van der Waals surface area (Å²) in [5, 5.41) is 16.7. The van der Waals surface area contributed by atoms with Crippen molar-refractivity contribution in [2.45, 2.75) is 0 Å². The number of para-hydroxylation sites is 1. The van der Waals surface area contributed by atoms with Crippen molar-refractivity contribution in [1.29, 1.82) is 0 Å². The van der Waals surface area contributed by atoms with E-state index in [1.54, 1.807) is 30.3 Å². The standard InChI is InChI=1S/C13H9N5O3/c14-17-16-12-7-6-10(18(20)21)8-11(12)13(19)15-9-4-2-1-3-5-9/h1-8H,(H,15,19). The van der Waals surface area contributed by atoms with Crippen molar-refractivity contribution in [3.8, 4) is 0 Å². The topological polar surface area (TPSA) is 121 Å². The van der Waals surface area contributed by atoms with Gasteiger partial charge in [0.15, 0.2) is 0 Å². The van der Waals surface area contributed by atoms with Crippen LogP contribution >= 0.6 is 0 Å². The summed E-state index contributed by atoms with van der Waals surface area (Å²) in [4.78, 5) is 24.9. The molecule has 2 rings (SSSR count). The Kier molecular flexibility index (Phi) is 4.13. The number of carbonyl (C=O) groups is 1. The Morgan fingerprint density at radius 2 is 1.95 bits per heavy atom. The summed E-state index contributed by atoms with van der Waals surface area (Å²) >= 11 is 0. The van der Waals surface area contributed by atoms with Crippen molar-refractivity contribution >= 4 is 23.0 Å². The van der Waals surface area contributed by atoms with Crippen molar-refractivity contribution in [1.82, 2.24) is 0 Å². The molecule has 0 spiro atoms. The van der Waals surface area contributed by atoms with Gasteiger partial charge in [-0.3, -0.25) is 14.9 Å². The molecule has 0 aliphatic carbocycles. The van der Waals surface area contributed by atoms with E-state index in [1.807, 2.05) is 0 Å². The lowest BCUT2D eigenvalue weighted by molar-refractivity contribution is -0.384. The van der Waals surface area contributed by atoms with Crippen LogP contribution in [0.3, 0.4) is 0 Å². The van der Waals surface area contributed by atoms with Crippen LogP contribution in [0.25, 0.3) is 10.4 Å². The summed E-state index contributed by atoms with van der Waals surface area (Å²) in [6, 6.07) is 12.1. The van der Waals surface area contributed by atoms with E-state index in [4.69, 9.17) is 5.53 Å². The average Bonchev–Trinajstić information content (AvgIpc) is 2.48. The second-order valence-electron chi connectivity index (χ2n) is 3.97. The molecule has 0 aliphatic rings. The molecule has 0 unspecified atom stereocenters. The van der Waals surface area contributed by atoms with Crippen LogP contribution in [-0.2, 0) is 0 Å². The van der Waals surface area contributed by atoms with E-state index in [0.717, 1.165) is 6.07 Å². The minimum absolute atomic E-state index is 0.0246. The molecular weight excluding hydrogens is 274 g/mol. The first-order valence-corrected chi connectivity index (χ1v) is 5.82. The molecule has 0 saturated carbocycles. The quantitative estimate of drug-likeness (QED) is 0.302. The minimum Gasteiger partial charge on any atom is -0.322 e. The Morgan fingerprint density at radius 3 is 2.57 bits per heavy atom. The predicted octanol–water partition coefficient (Wildman–Crippen LogP) is 3.79. The summed E-state index contributed by atoms with van der Waals surface area (Å²) in [6.45, 7) is 0. The summed E-state index contributed by atoms with van der Waals surface area (Å²) in [5.74, 6) is -0.590. The SMILES string of the molecule is [N-]=[N+]=Nc1ccc([N+](=O)[O-])cc1C(=O)Nc1ccccc1. The van der Waals surface area contributed by atoms with E-state index in [1.165, 1.54) is 12.1 Å². The van der Waals surface area contributed by atoms with Crippen molar-refractivity contribution in [2.24, 2.45) is 5.11 Å². The van der Waals surface area contributed by atoms with Gasteiger partial charge in [0.1, 0.15) is 0 Å². The fraction of sp³-hybridized carbons (Fsp3) is 0. The molecule has 8 heteroatoms. The van der Waals surface area contributed by atoms with Crippen molar-refractivity contribution in [3.63, 3.8) is 0 Å². The monoisotopic (exact) mass is 283 g/mol. The average molecular weight is 283 g/mol. The highest BCUT2D eigenvalue weighted by Gasteiger charge is 2.16. The number of nitro groups is 1. The molecule has 2 aromatic rings. The molecule has 1 N–H and O–H groups in total. The van der Waals surface area contributed by atoms with Gasteiger partial charge in [0.25, 0.3) is 11.6 Å². The van der Waals surface area contributed by atoms with Gasteiger partial charge in [-0.2, -0.15) is 0 Å². The summed E-state index contributed by atoms with van der Waals surface area (Å²) in [5.41, 5.74) is 8.72. The molecule has 0 heterocycles. The first-order valence-electron chi connectivity index (χ1n) is 5.82. The molecule has 0 radical (unpaired) electrons. The number of non-ortho nitro benzene ring substituents is 1. The lowest BCUT2D eigenvalue weighted by atomic mass is 10.1. The van der Waals surface area contributed by atoms with Crippen LogP contribution in [0, 0.1) is 10.1 Å². The van der Waals surface area contributed by atoms with Gasteiger partial charge in [-0.05, 0) is 23.7 Å². The molecule has 2 aromatic carbocycles. The molecule has 0 aromatic heterocycles. The first-order chi connectivity index (χ1) is 10.1. The smallest absolute Gasteiger partial charge is 0.270 e. The third kappa shape index (κ3) is 3.34. The van der Waals surface area contributed by atoms with Crippen LogP contribution < -0.4 is 5.32 Å². The zero-order chi connectivity index (χ0) is 15.2. The van der Waals surface area contributed by atoms with Crippen molar-refractivity contribution in [2.75, 3.05) is 5.32 Å². The Bertz CT molecular complexity index is 739. The molecule has 1 amide bonds. The number of nitrogens with zero attached hydrogens (tertiary/aromatic N) is 4. The molecular formula is C13H9N5O3. The molecule has 0 atom stereocenters. The van der Waals surface area contributed by atoms with Gasteiger partial charge in [-0.15, -0.1) is 0 Å². The van der Waals surface area contributed by atoms with E-state index in [0.29, 0.717) is 5.69 Å². The number of azide groups is 1. The second kappa shape index (κ2) is 6.18. The maximum Gasteiger partial charge on any atom is 0.270 e. The number of nitrogens with one attached hydrogen (secondary N) is 1. The third-order valence-electron chi connectivity index (χ3n) is 2.62. The van der Waals surface area contributed by atoms with E-state index in [9.17, 15) is 14.9 Å². The molecule has 8 nitrogen and oxygen atoms in total. The lowest BCUT2D eigenvalue weighted by Gasteiger charge is -2.07. The van der Waals surface area contributed by atoms with Gasteiger partial charge in [0.2, 0.25) is 0 Å². The van der Waals surface area contributed by atoms with E-state index < -0.39 is 10.8 Å². The first kappa shape index (κ1) is 14.0. The van der Waals surface area contributed by atoms with Gasteiger partial charge in [-0.25, -0.2) is 0 Å². The lowest BCUT2D eigenvalue weighted by Crippen LogP contribution is -2.12. The fourth-order valence-corrected chi connectivity index (χ4v) is 1.67. The van der Waals surface area contributed by atoms with Crippen molar-refractivity contribution in [3.05, 3.63) is 74.7 Å². The summed E-state index contributed by atoms with van der Waals surface area (Å²) < 4.78 is 0. The molecule has 21 heavy (non-hydrogen) atoms. The normalized spacial score (nSPS) is 9.52. The molecule has 104 valence electrons. The van der Waals surface area contributed by atoms with E-state index in [-0.39, 0.29) is 16.9 Å². The number of amides is 1. The van der Waals surface area contributed by atoms with E-state index >= 15 is 0 Å². The number of hydrogen-bond acceptors (Lipinski definition) is 4. The van der Waals surface area contributed by atoms with Gasteiger partial charge < -0.3 is 5.32 Å². The van der Waals surface area contributed by atoms with Crippen LogP contribution in [-0.4, -0.2) is 10.8 Å². The molecule has 0 aliphatic heterocycles. The van der Waals surface area contributed by atoms with Crippen LogP contribution in [0.5, 0.6) is 0 Å². The number of rotatable bonds is 4. The van der Waals surface area contributed by atoms with Gasteiger partial charge >= 0.3 is 0 Å². The minimum atomic E-state index is -0.626. The molecule has 0 fully saturated rings. The fourth-order valence-electron chi connectivity index (χ4n) is 1.67. The highest BCUT2D eigenvalue weighted by atomic mass is 16.6. The Balaban J connectivity index is 2.40. The molecule has 0 bridgehead atoms. The van der Waals surface area contributed by atoms with Crippen LogP contribution in [0.15, 0.2) is 53.6 Å². The molecule has 0 saturated heterocycles. The number of anilines is 1. The predicted molar refractivity (Wildman–Crippen MR) is 76.3 cm³/mol. The van der Waals surface area contributed by atoms with Gasteiger partial charge in [0.05, 0.1) is 16.2 Å². The second-order valence-corrected chi connectivity index (χ2v) is 3.97. The zero-order valence-electron chi connectivity index (χ0n) is 10.6. The maximum atomic E-state index is 12.2. The van der Waals surface area contributed by atoms with Gasteiger partial charge in [0, 0.05) is 22.7 Å². The van der Waals surface area contributed by atoms with Crippen LogP contribution in [0.4, 0.5) is 17.1 Å². The van der Waals surface area contributed by atoms with E-state index in [2.05, 4.69) is 15.3 Å². The Labute approximate surface area is 118 Å².